The van der Waals surface area contributed by atoms with Crippen molar-refractivity contribution in [2.75, 3.05) is 0 Å². The Hall–Kier alpha value is -1.22. The monoisotopic (exact) mass is 209 g/mol. The second-order valence-electron chi connectivity index (χ2n) is 2.44. The summed E-state index contributed by atoms with van der Waals surface area (Å²) < 4.78 is 0. The number of halogens is 1. The van der Waals surface area contributed by atoms with Crippen LogP contribution in [0.3, 0.4) is 0 Å². The SMILES string of the molecule is CC.Cc1nc(Cl)c2cccnc2n1. The largest absolute Gasteiger partial charge is 0.236 e. The summed E-state index contributed by atoms with van der Waals surface area (Å²) in [5, 5.41) is 1.26. The van der Waals surface area contributed by atoms with Crippen molar-refractivity contribution in [1.29, 1.82) is 0 Å². The van der Waals surface area contributed by atoms with Crippen LogP contribution in [0.25, 0.3) is 11.0 Å². The van der Waals surface area contributed by atoms with Gasteiger partial charge in [0.1, 0.15) is 11.0 Å². The highest BCUT2D eigenvalue weighted by molar-refractivity contribution is 6.33. The van der Waals surface area contributed by atoms with Gasteiger partial charge >= 0.3 is 0 Å². The molecule has 2 rings (SSSR count). The highest BCUT2D eigenvalue weighted by atomic mass is 35.5. The number of pyridine rings is 1. The van der Waals surface area contributed by atoms with Gasteiger partial charge < -0.3 is 0 Å². The maximum absolute atomic E-state index is 5.87. The molecule has 0 radical (unpaired) electrons. The molecule has 0 aliphatic heterocycles. The van der Waals surface area contributed by atoms with Gasteiger partial charge in [0, 0.05) is 6.20 Å². The number of rotatable bonds is 0. The molecule has 0 saturated heterocycles. The molecule has 0 aliphatic rings. The van der Waals surface area contributed by atoms with Gasteiger partial charge in [-0.2, -0.15) is 0 Å². The van der Waals surface area contributed by atoms with Gasteiger partial charge in [-0.25, -0.2) is 15.0 Å². The number of nitrogens with zero attached hydrogens (tertiary/aromatic N) is 3. The van der Waals surface area contributed by atoms with Crippen molar-refractivity contribution >= 4 is 22.6 Å². The minimum absolute atomic E-state index is 0.464. The number of fused-ring (bicyclic) bond motifs is 1. The fourth-order valence-electron chi connectivity index (χ4n) is 1.03. The van der Waals surface area contributed by atoms with E-state index < -0.39 is 0 Å². The summed E-state index contributed by atoms with van der Waals surface area (Å²) in [6.07, 6.45) is 1.69. The second-order valence-corrected chi connectivity index (χ2v) is 2.79. The lowest BCUT2D eigenvalue weighted by atomic mass is 10.3. The van der Waals surface area contributed by atoms with E-state index in [9.17, 15) is 0 Å². The van der Waals surface area contributed by atoms with Gasteiger partial charge in [-0.3, -0.25) is 0 Å². The Labute approximate surface area is 88.2 Å². The smallest absolute Gasteiger partial charge is 0.164 e. The minimum Gasteiger partial charge on any atom is -0.236 e. The maximum Gasteiger partial charge on any atom is 0.164 e. The molecular weight excluding hydrogens is 198 g/mol. The van der Waals surface area contributed by atoms with Gasteiger partial charge in [-0.1, -0.05) is 25.4 Å². The summed E-state index contributed by atoms with van der Waals surface area (Å²) in [6.45, 7) is 5.79. The van der Waals surface area contributed by atoms with Gasteiger partial charge in [-0.15, -0.1) is 0 Å². The zero-order valence-corrected chi connectivity index (χ0v) is 9.21. The third kappa shape index (κ3) is 2.17. The Morgan fingerprint density at radius 1 is 1.21 bits per heavy atom. The van der Waals surface area contributed by atoms with E-state index in [-0.39, 0.29) is 0 Å². The fourth-order valence-corrected chi connectivity index (χ4v) is 1.30. The first kappa shape index (κ1) is 10.9. The second kappa shape index (κ2) is 4.86. The molecule has 0 unspecified atom stereocenters. The van der Waals surface area contributed by atoms with Crippen molar-refractivity contribution in [1.82, 2.24) is 15.0 Å². The zero-order valence-electron chi connectivity index (χ0n) is 8.45. The predicted octanol–water partition coefficient (Wildman–Crippen LogP) is 3.01. The van der Waals surface area contributed by atoms with Gasteiger partial charge in [0.25, 0.3) is 0 Å². The molecule has 0 N–H and O–H groups in total. The van der Waals surface area contributed by atoms with Gasteiger partial charge in [0.15, 0.2) is 5.65 Å². The number of aryl methyl sites for hydroxylation is 1. The van der Waals surface area contributed by atoms with Crippen LogP contribution in [0, 0.1) is 6.92 Å². The van der Waals surface area contributed by atoms with Crippen LogP contribution < -0.4 is 0 Å². The number of aromatic nitrogens is 3. The van der Waals surface area contributed by atoms with Crippen LogP contribution >= 0.6 is 11.6 Å². The average molecular weight is 210 g/mol. The molecule has 4 heteroatoms. The molecule has 0 atom stereocenters. The molecule has 0 bridgehead atoms. The lowest BCUT2D eigenvalue weighted by molar-refractivity contribution is 1.07. The molecule has 2 aromatic rings. The average Bonchev–Trinajstić information content (AvgIpc) is 2.20. The molecular formula is C10H12ClN3. The molecule has 0 fully saturated rings. The topological polar surface area (TPSA) is 38.7 Å². The van der Waals surface area contributed by atoms with Crippen molar-refractivity contribution in [2.45, 2.75) is 20.8 Å². The van der Waals surface area contributed by atoms with E-state index in [2.05, 4.69) is 15.0 Å². The number of hydrogen-bond acceptors (Lipinski definition) is 3. The molecule has 14 heavy (non-hydrogen) atoms. The summed E-state index contributed by atoms with van der Waals surface area (Å²) >= 11 is 5.87. The van der Waals surface area contributed by atoms with E-state index in [0.717, 1.165) is 5.39 Å². The minimum atomic E-state index is 0.464. The van der Waals surface area contributed by atoms with E-state index in [1.54, 1.807) is 13.1 Å². The summed E-state index contributed by atoms with van der Waals surface area (Å²) in [4.78, 5) is 12.2. The first-order valence-corrected chi connectivity index (χ1v) is 4.90. The van der Waals surface area contributed by atoms with Crippen LogP contribution in [0.4, 0.5) is 0 Å². The molecule has 2 aromatic heterocycles. The molecule has 74 valence electrons. The predicted molar refractivity (Wildman–Crippen MR) is 58.4 cm³/mol. The summed E-state index contributed by atoms with van der Waals surface area (Å²) in [7, 11) is 0. The quantitative estimate of drug-likeness (QED) is 0.626. The normalized spacial score (nSPS) is 9.43. The van der Waals surface area contributed by atoms with Crippen molar-refractivity contribution in [2.24, 2.45) is 0 Å². The first-order valence-electron chi connectivity index (χ1n) is 4.52. The summed E-state index contributed by atoms with van der Waals surface area (Å²) in [5.41, 5.74) is 0.648. The molecule has 0 aliphatic carbocycles. The highest BCUT2D eigenvalue weighted by Crippen LogP contribution is 2.17. The highest BCUT2D eigenvalue weighted by Gasteiger charge is 2.01. The molecule has 0 amide bonds. The first-order chi connectivity index (χ1) is 6.77. The summed E-state index contributed by atoms with van der Waals surface area (Å²) in [5.74, 6) is 0.645. The lowest BCUT2D eigenvalue weighted by Gasteiger charge is -1.98. The zero-order chi connectivity index (χ0) is 10.6. The van der Waals surface area contributed by atoms with E-state index in [1.807, 2.05) is 26.0 Å². The standard InChI is InChI=1S/C8H6ClN3.C2H6/c1-5-11-7(9)6-3-2-4-10-8(6)12-5;1-2/h2-4H,1H3;1-2H3. The van der Waals surface area contributed by atoms with E-state index in [4.69, 9.17) is 11.6 Å². The maximum atomic E-state index is 5.87. The van der Waals surface area contributed by atoms with Gasteiger partial charge in [0.2, 0.25) is 0 Å². The van der Waals surface area contributed by atoms with Crippen molar-refractivity contribution in [3.05, 3.63) is 29.3 Å². The van der Waals surface area contributed by atoms with Gasteiger partial charge in [0.05, 0.1) is 5.39 Å². The molecule has 0 saturated carbocycles. The van der Waals surface area contributed by atoms with Crippen molar-refractivity contribution in [3.8, 4) is 0 Å². The third-order valence-corrected chi connectivity index (χ3v) is 1.82. The Morgan fingerprint density at radius 3 is 2.64 bits per heavy atom. The lowest BCUT2D eigenvalue weighted by Crippen LogP contribution is -1.91. The van der Waals surface area contributed by atoms with Crippen LogP contribution in [0.15, 0.2) is 18.3 Å². The fraction of sp³-hybridized carbons (Fsp3) is 0.300. The Morgan fingerprint density at radius 2 is 1.93 bits per heavy atom. The van der Waals surface area contributed by atoms with Crippen LogP contribution in [0.2, 0.25) is 5.15 Å². The Kier molecular flexibility index (Phi) is 3.77. The Balaban J connectivity index is 0.000000461. The van der Waals surface area contributed by atoms with Gasteiger partial charge in [-0.05, 0) is 19.1 Å². The van der Waals surface area contributed by atoms with Crippen LogP contribution in [-0.4, -0.2) is 15.0 Å². The van der Waals surface area contributed by atoms with E-state index >= 15 is 0 Å². The Bertz CT molecular complexity index is 429. The van der Waals surface area contributed by atoms with E-state index in [0.29, 0.717) is 16.6 Å². The molecule has 0 spiro atoms. The van der Waals surface area contributed by atoms with Crippen LogP contribution in [0.5, 0.6) is 0 Å². The van der Waals surface area contributed by atoms with Crippen molar-refractivity contribution < 1.29 is 0 Å². The summed E-state index contributed by atoms with van der Waals surface area (Å²) in [6, 6.07) is 3.66. The van der Waals surface area contributed by atoms with Crippen LogP contribution in [-0.2, 0) is 0 Å². The van der Waals surface area contributed by atoms with Crippen molar-refractivity contribution in [3.63, 3.8) is 0 Å². The molecule has 3 nitrogen and oxygen atoms in total. The molecule has 0 aromatic carbocycles. The third-order valence-electron chi connectivity index (χ3n) is 1.54. The molecule has 2 heterocycles. The van der Waals surface area contributed by atoms with E-state index in [1.165, 1.54) is 0 Å². The number of hydrogen-bond donors (Lipinski definition) is 0. The van der Waals surface area contributed by atoms with Crippen LogP contribution in [0.1, 0.15) is 19.7 Å².